The van der Waals surface area contributed by atoms with E-state index in [-0.39, 0.29) is 56.1 Å². The minimum absolute atomic E-state index is 0. The van der Waals surface area contributed by atoms with Crippen molar-refractivity contribution < 1.29 is 9.59 Å². The highest BCUT2D eigenvalue weighted by Crippen LogP contribution is 2.15. The summed E-state index contributed by atoms with van der Waals surface area (Å²) in [4.78, 5) is 51.8. The van der Waals surface area contributed by atoms with Gasteiger partial charge in [-0.05, 0) is 22.9 Å². The first-order valence-corrected chi connectivity index (χ1v) is 14.9. The Morgan fingerprint density at radius 2 is 0.854 bits per heavy atom. The molecule has 0 spiro atoms. The van der Waals surface area contributed by atoms with Crippen molar-refractivity contribution in [1.29, 1.82) is 0 Å². The Morgan fingerprint density at radius 3 is 1.10 bits per heavy atom. The minimum Gasteiger partial charge on any atom is -0.359 e. The van der Waals surface area contributed by atoms with E-state index in [4.69, 9.17) is 0 Å². The Kier molecular flexibility index (Phi) is 38.6. The third-order valence-corrected chi connectivity index (χ3v) is 5.75. The first kappa shape index (κ1) is 50.6. The lowest BCUT2D eigenvalue weighted by Crippen LogP contribution is -2.25. The maximum Gasteiger partial charge on any atom is 0.256 e. The van der Waals surface area contributed by atoms with Crippen LogP contribution in [0.1, 0.15) is 112 Å². The van der Waals surface area contributed by atoms with Gasteiger partial charge in [-0.2, -0.15) is 0 Å². The highest BCUT2D eigenvalue weighted by Gasteiger charge is 2.12. The number of rotatable bonds is 2. The maximum atomic E-state index is 11.7. The Hall–Kier alpha value is -3.24. The average Bonchev–Trinajstić information content (AvgIpc) is 3.69. The molecule has 4 rings (SSSR count). The number of carbonyl (C=O) groups excluding carboxylic acids is 2. The summed E-state index contributed by atoms with van der Waals surface area (Å²) in [6, 6.07) is 3.63. The molecule has 0 aromatic carbocycles. The number of hydrogen-bond acceptors (Lipinski definition) is 6. The van der Waals surface area contributed by atoms with Gasteiger partial charge in [0, 0.05) is 26.5 Å². The molecule has 0 fully saturated rings. The molecule has 4 heterocycles. The topological polar surface area (TPSA) is 124 Å². The van der Waals surface area contributed by atoms with Crippen molar-refractivity contribution in [2.45, 2.75) is 91.5 Å². The molecule has 238 valence electrons. The largest absolute Gasteiger partial charge is 0.359 e. The van der Waals surface area contributed by atoms with Crippen LogP contribution in [-0.2, 0) is 0 Å². The zero-order valence-corrected chi connectivity index (χ0v) is 26.5. The van der Waals surface area contributed by atoms with E-state index in [0.717, 1.165) is 11.0 Å². The van der Waals surface area contributed by atoms with E-state index in [9.17, 15) is 19.2 Å². The van der Waals surface area contributed by atoms with Crippen LogP contribution in [0.4, 0.5) is 0 Å². The second-order valence-electron chi connectivity index (χ2n) is 5.55. The highest BCUT2D eigenvalue weighted by atomic mass is 32.1. The molecule has 0 atom stereocenters. The van der Waals surface area contributed by atoms with Gasteiger partial charge in [0.2, 0.25) is 10.9 Å². The molecule has 10 heteroatoms. The quantitative estimate of drug-likeness (QED) is 0.180. The molecule has 0 unspecified atom stereocenters. The zero-order chi connectivity index (χ0) is 30.3. The number of nitrogens with one attached hydrogen (secondary N) is 4. The molecule has 4 N–H and O–H groups in total. The predicted molar refractivity (Wildman–Crippen MR) is 189 cm³/mol. The summed E-state index contributed by atoms with van der Waals surface area (Å²) < 4.78 is 1.18. The van der Waals surface area contributed by atoms with Crippen molar-refractivity contribution >= 4 is 54.9 Å². The monoisotopic (exact) mass is 614 g/mol. The molecule has 0 saturated heterocycles. The van der Waals surface area contributed by atoms with Crippen LogP contribution in [0.25, 0.3) is 20.4 Å². The second-order valence-corrected chi connectivity index (χ2v) is 7.38. The molecular weight excluding hydrogens is 556 g/mol. The van der Waals surface area contributed by atoms with Crippen LogP contribution in [0.15, 0.2) is 44.9 Å². The number of hydrogen-bond donors (Lipinski definition) is 4. The number of fused-ring (bicyclic) bond motifs is 2. The van der Waals surface area contributed by atoms with Gasteiger partial charge >= 0.3 is 0 Å². The third kappa shape index (κ3) is 14.8. The molecule has 8 nitrogen and oxygen atoms in total. The van der Waals surface area contributed by atoms with Crippen LogP contribution in [0, 0.1) is 0 Å². The molecule has 2 amide bonds. The first-order valence-electron chi connectivity index (χ1n) is 13.1. The van der Waals surface area contributed by atoms with Crippen LogP contribution in [-0.4, -0.2) is 35.9 Å². The van der Waals surface area contributed by atoms with Gasteiger partial charge < -0.3 is 20.6 Å². The van der Waals surface area contributed by atoms with Gasteiger partial charge in [-0.25, -0.2) is 0 Å². The minimum atomic E-state index is -0.360. The van der Waals surface area contributed by atoms with E-state index in [2.05, 4.69) is 20.6 Å². The number of aromatic nitrogens is 2. The lowest BCUT2D eigenvalue weighted by Gasteiger charge is -1.98. The van der Waals surface area contributed by atoms with Gasteiger partial charge in [0.15, 0.2) is 0 Å². The van der Waals surface area contributed by atoms with Gasteiger partial charge in [-0.15, -0.1) is 22.7 Å². The van der Waals surface area contributed by atoms with Gasteiger partial charge in [0.05, 0.1) is 20.4 Å². The highest BCUT2D eigenvalue weighted by molar-refractivity contribution is 7.17. The molecule has 0 radical (unpaired) electrons. The number of aromatic amines is 2. The summed E-state index contributed by atoms with van der Waals surface area (Å²) in [7, 11) is 3.00. The van der Waals surface area contributed by atoms with E-state index in [1.165, 1.54) is 49.2 Å². The summed E-state index contributed by atoms with van der Waals surface area (Å²) >= 11 is 2.66. The van der Waals surface area contributed by atoms with Crippen molar-refractivity contribution in [3.8, 4) is 0 Å². The Balaban J connectivity index is -0.000000108. The number of carbonyl (C=O) groups is 2. The van der Waals surface area contributed by atoms with Crippen molar-refractivity contribution in [3.63, 3.8) is 0 Å². The van der Waals surface area contributed by atoms with Gasteiger partial charge in [0.25, 0.3) is 11.8 Å². The summed E-state index contributed by atoms with van der Waals surface area (Å²) in [5.74, 6) is -0.719. The SMILES string of the molecule is C.C.C.CC.CC.CC.CC.CC.CNC(=O)c1c[nH]c2ccsc2c1=O.CNC(=O)c1c[nH]c2ccsc2c1=O. The lowest BCUT2D eigenvalue weighted by molar-refractivity contribution is 0.0954. The van der Waals surface area contributed by atoms with Crippen molar-refractivity contribution in [3.05, 3.63) is 66.9 Å². The maximum absolute atomic E-state index is 11.7. The van der Waals surface area contributed by atoms with Gasteiger partial charge in [0.1, 0.15) is 11.1 Å². The van der Waals surface area contributed by atoms with Crippen LogP contribution in [0.5, 0.6) is 0 Å². The second kappa shape index (κ2) is 31.3. The third-order valence-electron chi connectivity index (χ3n) is 3.92. The smallest absolute Gasteiger partial charge is 0.256 e. The molecular formula is C31H58N4O4S2. The molecule has 0 saturated carbocycles. The van der Waals surface area contributed by atoms with E-state index in [1.54, 1.807) is 0 Å². The molecule has 41 heavy (non-hydrogen) atoms. The normalized spacial score (nSPS) is 7.80. The average molecular weight is 615 g/mol. The van der Waals surface area contributed by atoms with Crippen LogP contribution >= 0.6 is 22.7 Å². The number of thiophene rings is 2. The fourth-order valence-electron chi connectivity index (χ4n) is 2.48. The Labute approximate surface area is 257 Å². The fourth-order valence-corrected chi connectivity index (χ4v) is 4.10. The molecule has 0 aliphatic heterocycles. The standard InChI is InChI=1S/2C9H8N2O2S.5C2H6.3CH4/c2*1-10-9(13)5-4-11-6-2-3-14-8(6)7(5)12;5*1-2;;;/h2*2-4H,1H3,(H,10,13)(H,11,12);5*1-2H3;3*1H4. The van der Waals surface area contributed by atoms with Crippen molar-refractivity contribution in [1.82, 2.24) is 20.6 Å². The number of H-pyrrole nitrogens is 2. The predicted octanol–water partition coefficient (Wildman–Crippen LogP) is 8.94. The summed E-state index contributed by atoms with van der Waals surface area (Å²) in [6.45, 7) is 20.0. The first-order chi connectivity index (χ1) is 18.5. The number of amides is 2. The Morgan fingerprint density at radius 1 is 0.585 bits per heavy atom. The Bertz CT molecular complexity index is 1190. The van der Waals surface area contributed by atoms with Gasteiger partial charge in [-0.3, -0.25) is 19.2 Å². The molecule has 0 aliphatic rings. The van der Waals surface area contributed by atoms with Crippen LogP contribution in [0.2, 0.25) is 0 Å². The van der Waals surface area contributed by atoms with E-state index in [1.807, 2.05) is 92.1 Å². The van der Waals surface area contributed by atoms with E-state index >= 15 is 0 Å². The summed E-state index contributed by atoms with van der Waals surface area (Å²) in [5.41, 5.74) is 1.42. The van der Waals surface area contributed by atoms with E-state index in [0.29, 0.717) is 9.40 Å². The van der Waals surface area contributed by atoms with E-state index < -0.39 is 0 Å². The van der Waals surface area contributed by atoms with Crippen molar-refractivity contribution in [2.24, 2.45) is 0 Å². The van der Waals surface area contributed by atoms with Gasteiger partial charge in [-0.1, -0.05) is 91.5 Å². The van der Waals surface area contributed by atoms with Crippen molar-refractivity contribution in [2.75, 3.05) is 14.1 Å². The summed E-state index contributed by atoms with van der Waals surface area (Å²) in [6.07, 6.45) is 2.88. The molecule has 0 bridgehead atoms. The number of pyridine rings is 2. The molecule has 0 aliphatic carbocycles. The molecule has 4 aromatic heterocycles. The zero-order valence-electron chi connectivity index (χ0n) is 24.9. The van der Waals surface area contributed by atoms with Crippen LogP contribution in [0.3, 0.4) is 0 Å². The lowest BCUT2D eigenvalue weighted by atomic mass is 10.2. The van der Waals surface area contributed by atoms with Crippen LogP contribution < -0.4 is 21.5 Å². The molecule has 4 aromatic rings. The summed E-state index contributed by atoms with van der Waals surface area (Å²) in [5, 5.41) is 8.48. The fraction of sp³-hybridized carbons (Fsp3) is 0.484.